The van der Waals surface area contributed by atoms with Crippen LogP contribution in [-0.2, 0) is 0 Å². The topological polar surface area (TPSA) is 95.2 Å². The molecule has 0 aliphatic rings. The molecule has 106 valence electrons. The largest absolute Gasteiger partial charge is 0.467 e. The molecule has 2 rings (SSSR count). The van der Waals surface area contributed by atoms with E-state index in [4.69, 9.17) is 15.3 Å². The second kappa shape index (κ2) is 5.70. The van der Waals surface area contributed by atoms with Gasteiger partial charge in [-0.3, -0.25) is 5.43 Å². The number of ether oxygens (including phenoxy) is 2. The van der Waals surface area contributed by atoms with E-state index in [1.807, 2.05) is 26.8 Å². The molecule has 3 N–H and O–H groups in total. The van der Waals surface area contributed by atoms with Gasteiger partial charge in [-0.2, -0.15) is 9.97 Å². The first kappa shape index (κ1) is 14.0. The summed E-state index contributed by atoms with van der Waals surface area (Å²) in [7, 11) is 1.46. The quantitative estimate of drug-likeness (QED) is 0.649. The van der Waals surface area contributed by atoms with E-state index < -0.39 is 0 Å². The van der Waals surface area contributed by atoms with E-state index in [0.717, 1.165) is 16.7 Å². The highest BCUT2D eigenvalue weighted by Gasteiger charge is 2.11. The van der Waals surface area contributed by atoms with Crippen molar-refractivity contribution in [2.24, 2.45) is 5.84 Å². The van der Waals surface area contributed by atoms with Crippen molar-refractivity contribution in [2.45, 2.75) is 20.8 Å². The molecule has 2 aromatic rings. The standard InChI is InChI=1S/C13H17N5O2/c1-7-5-8(2)9(3)10(6-7)20-13-16-11(18-14)15-12(17-13)19-4/h5-6H,14H2,1-4H3,(H,15,16,17,18). The van der Waals surface area contributed by atoms with Crippen LogP contribution in [0.15, 0.2) is 12.1 Å². The molecule has 0 radical (unpaired) electrons. The molecule has 20 heavy (non-hydrogen) atoms. The normalized spacial score (nSPS) is 10.2. The van der Waals surface area contributed by atoms with E-state index in [2.05, 4.69) is 26.4 Å². The maximum Gasteiger partial charge on any atom is 0.330 e. The fraction of sp³-hybridized carbons (Fsp3) is 0.308. The second-order valence-corrected chi connectivity index (χ2v) is 4.38. The Morgan fingerprint density at radius 3 is 2.40 bits per heavy atom. The number of methoxy groups -OCH3 is 1. The van der Waals surface area contributed by atoms with E-state index in [0.29, 0.717) is 5.75 Å². The fourth-order valence-corrected chi connectivity index (χ4v) is 1.74. The van der Waals surface area contributed by atoms with Crippen molar-refractivity contribution in [2.75, 3.05) is 12.5 Å². The van der Waals surface area contributed by atoms with E-state index in [-0.39, 0.29) is 18.0 Å². The highest BCUT2D eigenvalue weighted by Crippen LogP contribution is 2.27. The molecule has 0 spiro atoms. The molecule has 0 fully saturated rings. The SMILES string of the molecule is COc1nc(NN)nc(Oc2cc(C)cc(C)c2C)n1. The number of anilines is 1. The molecule has 1 aromatic carbocycles. The van der Waals surface area contributed by atoms with Crippen LogP contribution in [0.2, 0.25) is 0 Å². The highest BCUT2D eigenvalue weighted by atomic mass is 16.5. The maximum atomic E-state index is 5.72. The predicted octanol–water partition coefficient (Wildman–Crippen LogP) is 1.88. The van der Waals surface area contributed by atoms with Gasteiger partial charge in [0.05, 0.1) is 7.11 Å². The molecule has 0 saturated heterocycles. The number of hydrazine groups is 1. The zero-order valence-electron chi connectivity index (χ0n) is 11.9. The third-order valence-electron chi connectivity index (χ3n) is 2.87. The van der Waals surface area contributed by atoms with Crippen molar-refractivity contribution in [1.82, 2.24) is 15.0 Å². The van der Waals surface area contributed by atoms with Crippen LogP contribution in [0, 0.1) is 20.8 Å². The fourth-order valence-electron chi connectivity index (χ4n) is 1.74. The van der Waals surface area contributed by atoms with Crippen LogP contribution in [0.1, 0.15) is 16.7 Å². The smallest absolute Gasteiger partial charge is 0.330 e. The van der Waals surface area contributed by atoms with Crippen LogP contribution in [0.5, 0.6) is 17.8 Å². The van der Waals surface area contributed by atoms with Gasteiger partial charge in [0.15, 0.2) is 0 Å². The lowest BCUT2D eigenvalue weighted by Gasteiger charge is -2.11. The Morgan fingerprint density at radius 1 is 1.05 bits per heavy atom. The van der Waals surface area contributed by atoms with Gasteiger partial charge < -0.3 is 9.47 Å². The Balaban J connectivity index is 2.39. The molecule has 0 saturated carbocycles. The first-order valence-electron chi connectivity index (χ1n) is 6.06. The summed E-state index contributed by atoms with van der Waals surface area (Å²) in [6.07, 6.45) is 0. The van der Waals surface area contributed by atoms with Crippen LogP contribution < -0.4 is 20.7 Å². The third-order valence-corrected chi connectivity index (χ3v) is 2.87. The number of rotatable bonds is 4. The monoisotopic (exact) mass is 275 g/mol. The van der Waals surface area contributed by atoms with Crippen LogP contribution in [0.4, 0.5) is 5.95 Å². The number of benzene rings is 1. The van der Waals surface area contributed by atoms with Gasteiger partial charge in [0, 0.05) is 0 Å². The highest BCUT2D eigenvalue weighted by molar-refractivity contribution is 5.43. The van der Waals surface area contributed by atoms with E-state index in [1.54, 1.807) is 0 Å². The minimum absolute atomic E-state index is 0.123. The van der Waals surface area contributed by atoms with Gasteiger partial charge in [-0.1, -0.05) is 6.07 Å². The predicted molar refractivity (Wildman–Crippen MR) is 74.9 cm³/mol. The maximum absolute atomic E-state index is 5.72. The lowest BCUT2D eigenvalue weighted by atomic mass is 10.1. The van der Waals surface area contributed by atoms with Gasteiger partial charge in [-0.05, 0) is 43.5 Å². The van der Waals surface area contributed by atoms with E-state index >= 15 is 0 Å². The lowest BCUT2D eigenvalue weighted by molar-refractivity contribution is 0.359. The molecule has 0 aliphatic carbocycles. The summed E-state index contributed by atoms with van der Waals surface area (Å²) >= 11 is 0. The molecule has 7 nitrogen and oxygen atoms in total. The van der Waals surface area contributed by atoms with Crippen molar-refractivity contribution in [3.05, 3.63) is 28.8 Å². The molecule has 0 aliphatic heterocycles. The number of nitrogens with two attached hydrogens (primary N) is 1. The van der Waals surface area contributed by atoms with Gasteiger partial charge >= 0.3 is 12.0 Å². The Kier molecular flexibility index (Phi) is 3.99. The van der Waals surface area contributed by atoms with Crippen LogP contribution in [-0.4, -0.2) is 22.1 Å². The summed E-state index contributed by atoms with van der Waals surface area (Å²) in [5, 5.41) is 0. The van der Waals surface area contributed by atoms with Crippen molar-refractivity contribution < 1.29 is 9.47 Å². The number of aryl methyl sites for hydroxylation is 2. The van der Waals surface area contributed by atoms with E-state index in [1.165, 1.54) is 7.11 Å². The summed E-state index contributed by atoms with van der Waals surface area (Å²) in [6, 6.07) is 4.26. The van der Waals surface area contributed by atoms with Gasteiger partial charge in [-0.25, -0.2) is 5.84 Å². The van der Waals surface area contributed by atoms with Gasteiger partial charge in [0.1, 0.15) is 5.75 Å². The summed E-state index contributed by atoms with van der Waals surface area (Å²) in [5.74, 6) is 6.17. The second-order valence-electron chi connectivity index (χ2n) is 4.38. The minimum Gasteiger partial charge on any atom is -0.467 e. The molecule has 7 heteroatoms. The molecule has 0 amide bonds. The number of hydrogen-bond donors (Lipinski definition) is 2. The Bertz CT molecular complexity index is 608. The summed E-state index contributed by atoms with van der Waals surface area (Å²) in [6.45, 7) is 6.00. The Labute approximate surface area is 117 Å². The van der Waals surface area contributed by atoms with Gasteiger partial charge in [0.25, 0.3) is 0 Å². The number of nitrogens with one attached hydrogen (secondary N) is 1. The minimum atomic E-state index is 0.123. The van der Waals surface area contributed by atoms with Crippen LogP contribution in [0.25, 0.3) is 0 Å². The van der Waals surface area contributed by atoms with Crippen molar-refractivity contribution in [3.8, 4) is 17.8 Å². The molecule has 0 unspecified atom stereocenters. The summed E-state index contributed by atoms with van der Waals surface area (Å²) < 4.78 is 10.7. The van der Waals surface area contributed by atoms with E-state index in [9.17, 15) is 0 Å². The first-order chi connectivity index (χ1) is 9.53. The average Bonchev–Trinajstić information content (AvgIpc) is 2.43. The number of aromatic nitrogens is 3. The average molecular weight is 275 g/mol. The van der Waals surface area contributed by atoms with Gasteiger partial charge in [-0.15, -0.1) is 4.98 Å². The van der Waals surface area contributed by atoms with Gasteiger partial charge in [0.2, 0.25) is 5.95 Å². The molecule has 1 heterocycles. The summed E-state index contributed by atoms with van der Waals surface area (Å²) in [4.78, 5) is 12.0. The first-order valence-corrected chi connectivity index (χ1v) is 6.06. The molecule has 0 atom stereocenters. The zero-order valence-corrected chi connectivity index (χ0v) is 11.9. The molecule has 1 aromatic heterocycles. The third kappa shape index (κ3) is 2.94. The number of nitrogens with zero attached hydrogens (tertiary/aromatic N) is 3. The molecular formula is C13H17N5O2. The Hall–Kier alpha value is -2.41. The molecule has 0 bridgehead atoms. The van der Waals surface area contributed by atoms with Crippen LogP contribution >= 0.6 is 0 Å². The Morgan fingerprint density at radius 2 is 1.75 bits per heavy atom. The number of nitrogen functional groups attached to an aromatic ring is 1. The summed E-state index contributed by atoms with van der Waals surface area (Å²) in [5.41, 5.74) is 5.60. The van der Waals surface area contributed by atoms with Crippen molar-refractivity contribution >= 4 is 5.95 Å². The zero-order chi connectivity index (χ0) is 14.7. The number of hydrogen-bond acceptors (Lipinski definition) is 7. The molecular weight excluding hydrogens is 258 g/mol. The van der Waals surface area contributed by atoms with Crippen LogP contribution in [0.3, 0.4) is 0 Å². The van der Waals surface area contributed by atoms with Crippen molar-refractivity contribution in [3.63, 3.8) is 0 Å². The lowest BCUT2D eigenvalue weighted by Crippen LogP contribution is -2.12. The van der Waals surface area contributed by atoms with Crippen molar-refractivity contribution in [1.29, 1.82) is 0 Å².